The summed E-state index contributed by atoms with van der Waals surface area (Å²) in [7, 11) is 0. The van der Waals surface area contributed by atoms with Crippen molar-refractivity contribution in [2.75, 3.05) is 26.2 Å². The van der Waals surface area contributed by atoms with E-state index in [-0.39, 0.29) is 17.7 Å². The van der Waals surface area contributed by atoms with E-state index in [0.29, 0.717) is 5.41 Å². The Morgan fingerprint density at radius 3 is 2.59 bits per heavy atom. The number of carbonyl (C=O) groups excluding carboxylic acids is 2. The maximum absolute atomic E-state index is 13.7. The van der Waals surface area contributed by atoms with E-state index in [9.17, 15) is 9.59 Å². The van der Waals surface area contributed by atoms with E-state index in [2.05, 4.69) is 29.2 Å². The molecule has 1 atom stereocenters. The molecule has 1 spiro atoms. The van der Waals surface area contributed by atoms with Gasteiger partial charge < -0.3 is 9.80 Å². The fourth-order valence-electron chi connectivity index (χ4n) is 5.87. The van der Waals surface area contributed by atoms with Gasteiger partial charge in [0.15, 0.2) is 0 Å². The van der Waals surface area contributed by atoms with Crippen LogP contribution in [0, 0.1) is 5.41 Å². The van der Waals surface area contributed by atoms with Crippen LogP contribution in [0.15, 0.2) is 24.3 Å². The highest BCUT2D eigenvalue weighted by Crippen LogP contribution is 2.46. The molecule has 5 heteroatoms. The first-order valence-corrected chi connectivity index (χ1v) is 11.9. The predicted molar refractivity (Wildman–Crippen MR) is 117 cm³/mol. The molecule has 2 aliphatic heterocycles. The number of hydrogen-bond acceptors (Lipinski definition) is 3. The number of amides is 2. The Balaban J connectivity index is 1.47. The van der Waals surface area contributed by atoms with Gasteiger partial charge in [-0.05, 0) is 48.1 Å². The molecule has 1 saturated carbocycles. The van der Waals surface area contributed by atoms with Crippen molar-refractivity contribution < 1.29 is 9.59 Å². The molecule has 3 aliphatic rings. The number of thiophene rings is 1. The third-order valence-electron chi connectivity index (χ3n) is 7.51. The van der Waals surface area contributed by atoms with Crippen LogP contribution < -0.4 is 0 Å². The van der Waals surface area contributed by atoms with Crippen molar-refractivity contribution in [3.8, 4) is 0 Å². The molecule has 2 aromatic rings. The van der Waals surface area contributed by atoms with Crippen LogP contribution in [0.1, 0.15) is 73.0 Å². The van der Waals surface area contributed by atoms with Gasteiger partial charge >= 0.3 is 0 Å². The monoisotopic (exact) mass is 410 g/mol. The first-order valence-electron chi connectivity index (χ1n) is 11.1. The van der Waals surface area contributed by atoms with E-state index in [1.165, 1.54) is 54.2 Å². The summed E-state index contributed by atoms with van der Waals surface area (Å²) in [6.45, 7) is 5.01. The third kappa shape index (κ3) is 3.37. The highest BCUT2D eigenvalue weighted by molar-refractivity contribution is 7.21. The fourth-order valence-corrected chi connectivity index (χ4v) is 7.13. The summed E-state index contributed by atoms with van der Waals surface area (Å²) in [5.74, 6) is 0.629. The zero-order valence-electron chi connectivity index (χ0n) is 17.3. The molecule has 2 amide bonds. The topological polar surface area (TPSA) is 40.6 Å². The van der Waals surface area contributed by atoms with Gasteiger partial charge in [0.05, 0.1) is 4.88 Å². The lowest BCUT2D eigenvalue weighted by Crippen LogP contribution is -2.33. The van der Waals surface area contributed by atoms with Gasteiger partial charge in [-0.25, -0.2) is 0 Å². The lowest BCUT2D eigenvalue weighted by atomic mass is 9.73. The maximum Gasteiger partial charge on any atom is 0.264 e. The molecule has 0 unspecified atom stereocenters. The predicted octanol–water partition coefficient (Wildman–Crippen LogP) is 5.03. The Bertz CT molecular complexity index is 944. The van der Waals surface area contributed by atoms with Crippen LogP contribution in [0.3, 0.4) is 0 Å². The van der Waals surface area contributed by atoms with E-state index in [4.69, 9.17) is 0 Å². The Morgan fingerprint density at radius 2 is 1.83 bits per heavy atom. The van der Waals surface area contributed by atoms with E-state index in [1.807, 2.05) is 4.90 Å². The molecule has 1 aliphatic carbocycles. The van der Waals surface area contributed by atoms with Crippen molar-refractivity contribution in [1.29, 1.82) is 0 Å². The second kappa shape index (κ2) is 7.42. The second-order valence-corrected chi connectivity index (χ2v) is 10.4. The molecule has 5 rings (SSSR count). The Morgan fingerprint density at radius 1 is 1.03 bits per heavy atom. The van der Waals surface area contributed by atoms with Crippen molar-refractivity contribution in [3.05, 3.63) is 34.7 Å². The van der Waals surface area contributed by atoms with E-state index in [1.54, 1.807) is 18.3 Å². The van der Waals surface area contributed by atoms with Crippen LogP contribution >= 0.6 is 11.3 Å². The number of likely N-dealkylation sites (tertiary alicyclic amines) is 2. The largest absolute Gasteiger partial charge is 0.342 e. The second-order valence-electron chi connectivity index (χ2n) is 9.33. The van der Waals surface area contributed by atoms with Gasteiger partial charge in [0.2, 0.25) is 5.91 Å². The summed E-state index contributed by atoms with van der Waals surface area (Å²) in [5.41, 5.74) is 1.58. The molecule has 154 valence electrons. The SMILES string of the molecule is CC(=O)N1CC[C@H](c2c(C(=O)N3CCC4(CCCCC4)C3)sc3ccccc23)C1. The molecule has 0 radical (unpaired) electrons. The Kier molecular flexibility index (Phi) is 4.89. The number of fused-ring (bicyclic) bond motifs is 1. The Hall–Kier alpha value is -1.88. The van der Waals surface area contributed by atoms with E-state index >= 15 is 0 Å². The minimum atomic E-state index is 0.138. The van der Waals surface area contributed by atoms with Gasteiger partial charge in [-0.15, -0.1) is 11.3 Å². The van der Waals surface area contributed by atoms with Gasteiger partial charge in [0, 0.05) is 43.7 Å². The number of carbonyl (C=O) groups is 2. The molecule has 29 heavy (non-hydrogen) atoms. The van der Waals surface area contributed by atoms with Crippen LogP contribution in [0.4, 0.5) is 0 Å². The van der Waals surface area contributed by atoms with Crippen LogP contribution in [0.2, 0.25) is 0 Å². The molecule has 3 fully saturated rings. The summed E-state index contributed by atoms with van der Waals surface area (Å²) in [6, 6.07) is 8.41. The first kappa shape index (κ1) is 19.1. The average Bonchev–Trinajstić information content (AvgIpc) is 3.44. The van der Waals surface area contributed by atoms with Crippen molar-refractivity contribution in [3.63, 3.8) is 0 Å². The molecule has 2 saturated heterocycles. The summed E-state index contributed by atoms with van der Waals surface area (Å²) < 4.78 is 1.19. The molecule has 0 N–H and O–H groups in total. The summed E-state index contributed by atoms with van der Waals surface area (Å²) in [5, 5.41) is 1.21. The highest BCUT2D eigenvalue weighted by atomic mass is 32.1. The normalized spacial score (nSPS) is 24.0. The summed E-state index contributed by atoms with van der Waals surface area (Å²) in [6.07, 6.45) is 8.67. The fraction of sp³-hybridized carbons (Fsp3) is 0.583. The standard InChI is InChI=1S/C24H30N2O2S/c1-17(27)25-13-9-18(15-25)21-19-7-3-4-8-20(19)29-22(21)23(28)26-14-12-24(16-26)10-5-2-6-11-24/h3-4,7-8,18H,2,5-6,9-16H2,1H3/t18-/m0/s1. The molecule has 4 nitrogen and oxygen atoms in total. The van der Waals surface area contributed by atoms with Gasteiger partial charge in [0.1, 0.15) is 0 Å². The lowest BCUT2D eigenvalue weighted by Gasteiger charge is -2.33. The average molecular weight is 411 g/mol. The first-order chi connectivity index (χ1) is 14.1. The highest BCUT2D eigenvalue weighted by Gasteiger charge is 2.42. The number of hydrogen-bond donors (Lipinski definition) is 0. The lowest BCUT2D eigenvalue weighted by molar-refractivity contribution is -0.127. The van der Waals surface area contributed by atoms with Crippen LogP contribution in [-0.4, -0.2) is 47.8 Å². The molecule has 1 aromatic heterocycles. The smallest absolute Gasteiger partial charge is 0.264 e. The quantitative estimate of drug-likeness (QED) is 0.696. The Labute approximate surface area is 176 Å². The van der Waals surface area contributed by atoms with Crippen molar-refractivity contribution >= 4 is 33.2 Å². The van der Waals surface area contributed by atoms with Crippen LogP contribution in [0.5, 0.6) is 0 Å². The van der Waals surface area contributed by atoms with Gasteiger partial charge in [-0.2, -0.15) is 0 Å². The zero-order chi connectivity index (χ0) is 20.0. The van der Waals surface area contributed by atoms with E-state index < -0.39 is 0 Å². The number of rotatable bonds is 2. The minimum Gasteiger partial charge on any atom is -0.342 e. The molecule has 3 heterocycles. The number of benzene rings is 1. The van der Waals surface area contributed by atoms with Crippen molar-refractivity contribution in [1.82, 2.24) is 9.80 Å². The minimum absolute atomic E-state index is 0.138. The molecular weight excluding hydrogens is 380 g/mol. The van der Waals surface area contributed by atoms with E-state index in [0.717, 1.165) is 37.5 Å². The zero-order valence-corrected chi connectivity index (χ0v) is 18.1. The third-order valence-corrected chi connectivity index (χ3v) is 8.68. The van der Waals surface area contributed by atoms with Crippen LogP contribution in [-0.2, 0) is 4.79 Å². The van der Waals surface area contributed by atoms with Gasteiger partial charge in [-0.3, -0.25) is 9.59 Å². The maximum atomic E-state index is 13.7. The summed E-state index contributed by atoms with van der Waals surface area (Å²) >= 11 is 1.66. The number of nitrogens with zero attached hydrogens (tertiary/aromatic N) is 2. The van der Waals surface area contributed by atoms with Gasteiger partial charge in [0.25, 0.3) is 5.91 Å². The summed E-state index contributed by atoms with van der Waals surface area (Å²) in [4.78, 5) is 30.6. The van der Waals surface area contributed by atoms with Crippen molar-refractivity contribution in [2.45, 2.75) is 57.8 Å². The molecule has 1 aromatic carbocycles. The van der Waals surface area contributed by atoms with Gasteiger partial charge in [-0.1, -0.05) is 37.5 Å². The molecule has 0 bridgehead atoms. The van der Waals surface area contributed by atoms with Crippen LogP contribution in [0.25, 0.3) is 10.1 Å². The van der Waals surface area contributed by atoms with Crippen molar-refractivity contribution in [2.24, 2.45) is 5.41 Å². The molecular formula is C24H30N2O2S.